The Hall–Kier alpha value is -0.690. The maximum atomic E-state index is 6.01. The number of aryl methyl sites for hydroxylation is 2. The quantitative estimate of drug-likeness (QED) is 0.865. The SMILES string of the molecule is CCc1nn(C)cc1C(CN)N(C)Cc1cc(Br)cs1. The molecule has 6 heteroatoms. The molecule has 2 aromatic heterocycles. The molecule has 0 radical (unpaired) electrons. The third kappa shape index (κ3) is 3.49. The predicted molar refractivity (Wildman–Crippen MR) is 87.9 cm³/mol. The summed E-state index contributed by atoms with van der Waals surface area (Å²) >= 11 is 5.27. The molecule has 0 aliphatic carbocycles. The van der Waals surface area contributed by atoms with Gasteiger partial charge in [-0.2, -0.15) is 5.10 Å². The fraction of sp³-hybridized carbons (Fsp3) is 0.500. The molecule has 2 heterocycles. The Bertz CT molecular complexity index is 563. The summed E-state index contributed by atoms with van der Waals surface area (Å²) in [6.45, 7) is 3.63. The summed E-state index contributed by atoms with van der Waals surface area (Å²) < 4.78 is 3.03. The van der Waals surface area contributed by atoms with Crippen molar-refractivity contribution in [1.29, 1.82) is 0 Å². The van der Waals surface area contributed by atoms with Crippen molar-refractivity contribution in [2.75, 3.05) is 13.6 Å². The highest BCUT2D eigenvalue weighted by atomic mass is 79.9. The van der Waals surface area contributed by atoms with Gasteiger partial charge in [0.1, 0.15) is 0 Å². The molecule has 0 saturated heterocycles. The van der Waals surface area contributed by atoms with Gasteiger partial charge in [0, 0.05) is 46.6 Å². The van der Waals surface area contributed by atoms with E-state index in [-0.39, 0.29) is 6.04 Å². The Labute approximate surface area is 132 Å². The van der Waals surface area contributed by atoms with Crippen LogP contribution in [0.15, 0.2) is 22.1 Å². The Kier molecular flexibility index (Phi) is 5.37. The van der Waals surface area contributed by atoms with Crippen LogP contribution in [0.25, 0.3) is 0 Å². The number of aromatic nitrogens is 2. The molecule has 0 fully saturated rings. The Morgan fingerprint density at radius 3 is 2.85 bits per heavy atom. The number of hydrogen-bond acceptors (Lipinski definition) is 4. The van der Waals surface area contributed by atoms with E-state index in [1.807, 2.05) is 11.7 Å². The smallest absolute Gasteiger partial charge is 0.0670 e. The molecule has 4 nitrogen and oxygen atoms in total. The Morgan fingerprint density at radius 2 is 2.30 bits per heavy atom. The molecule has 0 aliphatic rings. The average Bonchev–Trinajstić information content (AvgIpc) is 2.96. The zero-order valence-electron chi connectivity index (χ0n) is 12.1. The highest BCUT2D eigenvalue weighted by Gasteiger charge is 2.21. The number of hydrogen-bond donors (Lipinski definition) is 1. The molecule has 0 amide bonds. The second kappa shape index (κ2) is 6.85. The Morgan fingerprint density at radius 1 is 1.55 bits per heavy atom. The number of nitrogens with two attached hydrogens (primary N) is 1. The van der Waals surface area contributed by atoms with Gasteiger partial charge in [-0.1, -0.05) is 6.92 Å². The largest absolute Gasteiger partial charge is 0.329 e. The summed E-state index contributed by atoms with van der Waals surface area (Å²) in [6, 6.07) is 2.37. The Balaban J connectivity index is 2.18. The van der Waals surface area contributed by atoms with Crippen molar-refractivity contribution in [2.24, 2.45) is 12.8 Å². The third-order valence-electron chi connectivity index (χ3n) is 3.41. The fourth-order valence-electron chi connectivity index (χ4n) is 2.44. The molecule has 0 aliphatic heterocycles. The van der Waals surface area contributed by atoms with Crippen molar-refractivity contribution in [3.63, 3.8) is 0 Å². The summed E-state index contributed by atoms with van der Waals surface area (Å²) in [7, 11) is 4.09. The molecule has 1 atom stereocenters. The summed E-state index contributed by atoms with van der Waals surface area (Å²) in [4.78, 5) is 3.63. The maximum Gasteiger partial charge on any atom is 0.0670 e. The summed E-state index contributed by atoms with van der Waals surface area (Å²) in [5, 5.41) is 6.63. The van der Waals surface area contributed by atoms with Gasteiger partial charge in [-0.25, -0.2) is 0 Å². The van der Waals surface area contributed by atoms with E-state index in [2.05, 4.69) is 57.5 Å². The van der Waals surface area contributed by atoms with Gasteiger partial charge in [-0.05, 0) is 35.5 Å². The molecule has 2 N–H and O–H groups in total. The first-order valence-corrected chi connectivity index (χ1v) is 8.38. The molecule has 0 spiro atoms. The number of rotatable bonds is 6. The first kappa shape index (κ1) is 15.7. The molecule has 0 saturated carbocycles. The lowest BCUT2D eigenvalue weighted by atomic mass is 10.1. The topological polar surface area (TPSA) is 47.1 Å². The van der Waals surface area contributed by atoms with Crippen LogP contribution in [0.5, 0.6) is 0 Å². The van der Waals surface area contributed by atoms with E-state index < -0.39 is 0 Å². The summed E-state index contributed by atoms with van der Waals surface area (Å²) in [6.07, 6.45) is 3.03. The van der Waals surface area contributed by atoms with Crippen molar-refractivity contribution in [3.8, 4) is 0 Å². The van der Waals surface area contributed by atoms with Crippen LogP contribution in [0.1, 0.15) is 29.1 Å². The highest BCUT2D eigenvalue weighted by Crippen LogP contribution is 2.26. The maximum absolute atomic E-state index is 6.01. The molecule has 0 aromatic carbocycles. The van der Waals surface area contributed by atoms with Crippen LogP contribution in [-0.2, 0) is 20.0 Å². The van der Waals surface area contributed by atoms with E-state index in [1.54, 1.807) is 11.3 Å². The lowest BCUT2D eigenvalue weighted by molar-refractivity contribution is 0.243. The predicted octanol–water partition coefficient (Wildman–Crippen LogP) is 2.94. The first-order chi connectivity index (χ1) is 9.55. The fourth-order valence-corrected chi connectivity index (χ4v) is 3.96. The normalized spacial score (nSPS) is 13.1. The van der Waals surface area contributed by atoms with Crippen molar-refractivity contribution >= 4 is 27.3 Å². The minimum absolute atomic E-state index is 0.208. The molecule has 2 rings (SSSR count). The van der Waals surface area contributed by atoms with Gasteiger partial charge in [0.2, 0.25) is 0 Å². The molecule has 20 heavy (non-hydrogen) atoms. The monoisotopic (exact) mass is 356 g/mol. The van der Waals surface area contributed by atoms with Gasteiger partial charge >= 0.3 is 0 Å². The van der Waals surface area contributed by atoms with E-state index in [0.717, 1.165) is 23.1 Å². The van der Waals surface area contributed by atoms with Crippen molar-refractivity contribution < 1.29 is 0 Å². The van der Waals surface area contributed by atoms with Crippen LogP contribution in [0.4, 0.5) is 0 Å². The second-order valence-electron chi connectivity index (χ2n) is 4.96. The lowest BCUT2D eigenvalue weighted by Crippen LogP contribution is -2.30. The second-order valence-corrected chi connectivity index (χ2v) is 6.87. The minimum Gasteiger partial charge on any atom is -0.329 e. The molecular formula is C14H21BrN4S. The van der Waals surface area contributed by atoms with Gasteiger partial charge in [-0.15, -0.1) is 11.3 Å². The van der Waals surface area contributed by atoms with E-state index >= 15 is 0 Å². The van der Waals surface area contributed by atoms with Gasteiger partial charge in [0.05, 0.1) is 11.7 Å². The molecule has 1 unspecified atom stereocenters. The zero-order valence-corrected chi connectivity index (χ0v) is 14.5. The lowest BCUT2D eigenvalue weighted by Gasteiger charge is -2.26. The van der Waals surface area contributed by atoms with Gasteiger partial charge < -0.3 is 5.73 Å². The molecule has 110 valence electrons. The van der Waals surface area contributed by atoms with Crippen molar-refractivity contribution in [3.05, 3.63) is 38.3 Å². The summed E-state index contributed by atoms with van der Waals surface area (Å²) in [5.74, 6) is 0. The van der Waals surface area contributed by atoms with Crippen molar-refractivity contribution in [2.45, 2.75) is 25.9 Å². The van der Waals surface area contributed by atoms with Crippen LogP contribution >= 0.6 is 27.3 Å². The van der Waals surface area contributed by atoms with E-state index in [0.29, 0.717) is 6.54 Å². The first-order valence-electron chi connectivity index (χ1n) is 6.70. The molecule has 2 aromatic rings. The number of halogens is 1. The molecule has 0 bridgehead atoms. The number of thiophene rings is 1. The van der Waals surface area contributed by atoms with Crippen LogP contribution in [0.3, 0.4) is 0 Å². The van der Waals surface area contributed by atoms with E-state index in [1.165, 1.54) is 10.4 Å². The third-order valence-corrected chi connectivity index (χ3v) is 5.10. The van der Waals surface area contributed by atoms with Crippen LogP contribution in [-0.4, -0.2) is 28.3 Å². The number of likely N-dealkylation sites (N-methyl/N-ethyl adjacent to an activating group) is 1. The van der Waals surface area contributed by atoms with Crippen LogP contribution in [0, 0.1) is 0 Å². The zero-order chi connectivity index (χ0) is 14.7. The van der Waals surface area contributed by atoms with Gasteiger partial charge in [-0.3, -0.25) is 9.58 Å². The summed E-state index contributed by atoms with van der Waals surface area (Å²) in [5.41, 5.74) is 8.40. The van der Waals surface area contributed by atoms with Gasteiger partial charge in [0.15, 0.2) is 0 Å². The number of nitrogens with zero attached hydrogens (tertiary/aromatic N) is 3. The van der Waals surface area contributed by atoms with E-state index in [4.69, 9.17) is 5.73 Å². The highest BCUT2D eigenvalue weighted by molar-refractivity contribution is 9.10. The van der Waals surface area contributed by atoms with Crippen LogP contribution in [0.2, 0.25) is 0 Å². The average molecular weight is 357 g/mol. The standard InChI is InChI=1S/C14H21BrN4S/c1-4-13-12(8-19(3)17-13)14(6-16)18(2)7-11-5-10(15)9-20-11/h5,8-9,14H,4,6-7,16H2,1-3H3. The van der Waals surface area contributed by atoms with Crippen molar-refractivity contribution in [1.82, 2.24) is 14.7 Å². The van der Waals surface area contributed by atoms with E-state index in [9.17, 15) is 0 Å². The van der Waals surface area contributed by atoms with Gasteiger partial charge in [0.25, 0.3) is 0 Å². The molecular weight excluding hydrogens is 336 g/mol. The minimum atomic E-state index is 0.208. The van der Waals surface area contributed by atoms with Crippen LogP contribution < -0.4 is 5.73 Å².